The summed E-state index contributed by atoms with van der Waals surface area (Å²) in [6.07, 6.45) is 10.8. The smallest absolute Gasteiger partial charge is 0.330 e. The van der Waals surface area contributed by atoms with Gasteiger partial charge in [0.05, 0.1) is 5.41 Å². The predicted molar refractivity (Wildman–Crippen MR) is 179 cm³/mol. The summed E-state index contributed by atoms with van der Waals surface area (Å²) in [6, 6.07) is 7.61. The molecule has 0 spiro atoms. The van der Waals surface area contributed by atoms with Crippen molar-refractivity contribution in [2.75, 3.05) is 19.8 Å². The van der Waals surface area contributed by atoms with E-state index in [2.05, 4.69) is 4.98 Å². The Hall–Kier alpha value is -4.41. The molecule has 1 fully saturated rings. The summed E-state index contributed by atoms with van der Waals surface area (Å²) in [6.45, 7) is 10.5. The van der Waals surface area contributed by atoms with Crippen LogP contribution in [0.1, 0.15) is 78.4 Å². The Morgan fingerprint density at radius 3 is 2.40 bits per heavy atom. The first-order valence-electron chi connectivity index (χ1n) is 16.4. The summed E-state index contributed by atoms with van der Waals surface area (Å²) in [7, 11) is 0. The highest BCUT2D eigenvalue weighted by Gasteiger charge is 2.41. The molecule has 1 amide bonds. The van der Waals surface area contributed by atoms with Gasteiger partial charge in [0.1, 0.15) is 30.8 Å². The standard InChI is InChI=1S/C19H22FNO2.C18H27NO6/c1-14(2)19(22)13-23-18-10-16(9-17(20)11-18)6-3-5-15-7-4-8-21-12-15;1-12(2)8-9-14(20)25-11-18(3,4)15(21)16(22)19-10-6-5-7-13(19)17(23)24/h4,7-12,14H,3,5-6,13H2,1-2H3;8-9,12-13H,5-7,10-11H2,1-4H3,(H,23,24)/b;9-8-. The number of allylic oxidation sites excluding steroid dienone is 1. The topological polar surface area (TPSA) is 140 Å². The maximum atomic E-state index is 13.7. The molecule has 3 rings (SSSR count). The molecule has 0 bridgehead atoms. The number of benzene rings is 1. The minimum Gasteiger partial charge on any atom is -0.486 e. The van der Waals surface area contributed by atoms with Crippen LogP contribution in [-0.2, 0) is 41.6 Å². The molecule has 1 N–H and O–H groups in total. The maximum Gasteiger partial charge on any atom is 0.330 e. The molecular weight excluding hydrogens is 619 g/mol. The Balaban J connectivity index is 0.000000334. The monoisotopic (exact) mass is 668 g/mol. The van der Waals surface area contributed by atoms with Crippen molar-refractivity contribution in [2.24, 2.45) is 17.3 Å². The van der Waals surface area contributed by atoms with Crippen molar-refractivity contribution in [1.29, 1.82) is 0 Å². The number of carbonyl (C=O) groups excluding carboxylic acids is 4. The van der Waals surface area contributed by atoms with E-state index in [0.717, 1.165) is 29.7 Å². The van der Waals surface area contributed by atoms with Crippen LogP contribution in [-0.4, -0.2) is 70.2 Å². The lowest BCUT2D eigenvalue weighted by Gasteiger charge is -2.34. The molecule has 1 saturated heterocycles. The van der Waals surface area contributed by atoms with E-state index in [1.807, 2.05) is 46.0 Å². The Morgan fingerprint density at radius 2 is 1.77 bits per heavy atom. The second kappa shape index (κ2) is 19.4. The van der Waals surface area contributed by atoms with Crippen molar-refractivity contribution in [3.05, 3.63) is 71.8 Å². The number of pyridine rings is 1. The van der Waals surface area contributed by atoms with Gasteiger partial charge >= 0.3 is 11.9 Å². The third-order valence-corrected chi connectivity index (χ3v) is 7.66. The Bertz CT molecular complexity index is 1420. The number of carbonyl (C=O) groups is 5. The second-order valence-electron chi connectivity index (χ2n) is 13.2. The number of ketones is 2. The van der Waals surface area contributed by atoms with E-state index >= 15 is 0 Å². The fraction of sp³-hybridized carbons (Fsp3) is 0.514. The molecule has 2 aromatic rings. The van der Waals surface area contributed by atoms with Gasteiger partial charge in [-0.05, 0) is 87.6 Å². The summed E-state index contributed by atoms with van der Waals surface area (Å²) in [5.74, 6) is -3.07. The summed E-state index contributed by atoms with van der Waals surface area (Å²) < 4.78 is 24.2. The van der Waals surface area contributed by atoms with E-state index in [-0.39, 0.29) is 43.2 Å². The Kier molecular flexibility index (Phi) is 16.1. The molecule has 0 aliphatic carbocycles. The molecule has 1 aliphatic rings. The number of hydrogen-bond acceptors (Lipinski definition) is 8. The molecule has 1 aliphatic heterocycles. The van der Waals surface area contributed by atoms with Gasteiger partial charge in [-0.1, -0.05) is 39.8 Å². The van der Waals surface area contributed by atoms with Gasteiger partial charge < -0.3 is 19.5 Å². The van der Waals surface area contributed by atoms with E-state index in [0.29, 0.717) is 25.0 Å². The van der Waals surface area contributed by atoms with E-state index in [1.54, 1.807) is 18.3 Å². The van der Waals surface area contributed by atoms with Crippen LogP contribution >= 0.6 is 0 Å². The van der Waals surface area contributed by atoms with Crippen LogP contribution in [0.25, 0.3) is 0 Å². The SMILES string of the molecule is CC(C)/C=C\C(=O)OCC(C)(C)C(=O)C(=O)N1CCCCC1C(=O)O.CC(C)C(=O)COc1cc(F)cc(CCCc2cccnc2)c1. The lowest BCUT2D eigenvalue weighted by atomic mass is 9.87. The van der Waals surface area contributed by atoms with Crippen LogP contribution in [0.15, 0.2) is 54.9 Å². The third-order valence-electron chi connectivity index (χ3n) is 7.66. The summed E-state index contributed by atoms with van der Waals surface area (Å²) in [4.78, 5) is 64.7. The molecule has 0 radical (unpaired) electrons. The number of carboxylic acids is 1. The molecule has 1 aromatic carbocycles. The molecule has 10 nitrogen and oxygen atoms in total. The number of esters is 1. The van der Waals surface area contributed by atoms with Crippen LogP contribution in [0.3, 0.4) is 0 Å². The van der Waals surface area contributed by atoms with Gasteiger partial charge in [0.15, 0.2) is 5.78 Å². The van der Waals surface area contributed by atoms with E-state index in [4.69, 9.17) is 9.47 Å². The van der Waals surface area contributed by atoms with Crippen molar-refractivity contribution in [3.8, 4) is 5.75 Å². The fourth-order valence-electron chi connectivity index (χ4n) is 4.70. The predicted octanol–water partition coefficient (Wildman–Crippen LogP) is 5.80. The van der Waals surface area contributed by atoms with Crippen molar-refractivity contribution in [1.82, 2.24) is 9.88 Å². The lowest BCUT2D eigenvalue weighted by molar-refractivity contribution is -0.159. The number of aryl methyl sites for hydroxylation is 2. The van der Waals surface area contributed by atoms with E-state index in [9.17, 15) is 33.5 Å². The highest BCUT2D eigenvalue weighted by atomic mass is 19.1. The number of hydrogen-bond donors (Lipinski definition) is 1. The number of halogens is 1. The highest BCUT2D eigenvalue weighted by molar-refractivity contribution is 6.38. The van der Waals surface area contributed by atoms with E-state index in [1.165, 1.54) is 37.6 Å². The number of amides is 1. The van der Waals surface area contributed by atoms with Gasteiger partial charge in [-0.2, -0.15) is 0 Å². The average Bonchev–Trinajstić information content (AvgIpc) is 3.05. The molecule has 1 aromatic heterocycles. The molecular formula is C37H49FN2O8. The number of likely N-dealkylation sites (tertiary alicyclic amines) is 1. The maximum absolute atomic E-state index is 13.7. The molecule has 11 heteroatoms. The number of carboxylic acid groups (broad SMARTS) is 1. The zero-order chi connectivity index (χ0) is 35.9. The van der Waals surface area contributed by atoms with Crippen molar-refractivity contribution in [2.45, 2.75) is 86.1 Å². The zero-order valence-corrected chi connectivity index (χ0v) is 28.9. The lowest BCUT2D eigenvalue weighted by Crippen LogP contribution is -2.53. The largest absolute Gasteiger partial charge is 0.486 e. The van der Waals surface area contributed by atoms with Crippen molar-refractivity contribution < 1.29 is 42.9 Å². The molecule has 1 atom stereocenters. The van der Waals surface area contributed by atoms with Crippen LogP contribution in [0.5, 0.6) is 5.75 Å². The van der Waals surface area contributed by atoms with Gasteiger partial charge in [0.2, 0.25) is 5.78 Å². The zero-order valence-electron chi connectivity index (χ0n) is 28.9. The van der Waals surface area contributed by atoms with Gasteiger partial charge in [-0.3, -0.25) is 19.4 Å². The summed E-state index contributed by atoms with van der Waals surface area (Å²) in [5.41, 5.74) is 0.822. The average molecular weight is 669 g/mol. The molecule has 2 heterocycles. The Morgan fingerprint density at radius 1 is 1.06 bits per heavy atom. The normalized spacial score (nSPS) is 14.8. The van der Waals surface area contributed by atoms with Crippen LogP contribution in [0, 0.1) is 23.1 Å². The number of aliphatic carboxylic acids is 1. The van der Waals surface area contributed by atoms with Crippen LogP contribution in [0.2, 0.25) is 0 Å². The number of ether oxygens (including phenoxy) is 2. The van der Waals surface area contributed by atoms with Gasteiger partial charge in [-0.25, -0.2) is 14.0 Å². The second-order valence-corrected chi connectivity index (χ2v) is 13.2. The van der Waals surface area contributed by atoms with Crippen LogP contribution in [0.4, 0.5) is 4.39 Å². The number of Topliss-reactive ketones (excluding diaryl/α,β-unsaturated/α-hetero) is 2. The van der Waals surface area contributed by atoms with Crippen molar-refractivity contribution in [3.63, 3.8) is 0 Å². The first-order chi connectivity index (χ1) is 22.6. The molecule has 0 saturated carbocycles. The minimum absolute atomic E-state index is 0.00684. The summed E-state index contributed by atoms with van der Waals surface area (Å²) in [5, 5.41) is 9.24. The quantitative estimate of drug-likeness (QED) is 0.142. The van der Waals surface area contributed by atoms with Crippen molar-refractivity contribution >= 4 is 29.4 Å². The summed E-state index contributed by atoms with van der Waals surface area (Å²) >= 11 is 0. The number of rotatable bonds is 15. The van der Waals surface area contributed by atoms with E-state index < -0.39 is 35.1 Å². The fourth-order valence-corrected chi connectivity index (χ4v) is 4.70. The number of nitrogens with zero attached hydrogens (tertiary/aromatic N) is 2. The first-order valence-corrected chi connectivity index (χ1v) is 16.4. The highest BCUT2D eigenvalue weighted by Crippen LogP contribution is 2.24. The van der Waals surface area contributed by atoms with Crippen LogP contribution < -0.4 is 4.74 Å². The Labute approximate surface area is 282 Å². The minimum atomic E-state index is -1.22. The molecule has 48 heavy (non-hydrogen) atoms. The van der Waals surface area contributed by atoms with Gasteiger partial charge in [-0.15, -0.1) is 0 Å². The first kappa shape index (κ1) is 39.8. The number of aromatic nitrogens is 1. The molecule has 262 valence electrons. The number of piperidine rings is 1. The van der Waals surface area contributed by atoms with Gasteiger partial charge in [0, 0.05) is 37.0 Å². The third kappa shape index (κ3) is 13.8. The molecule has 1 unspecified atom stereocenters. The van der Waals surface area contributed by atoms with Gasteiger partial charge in [0.25, 0.3) is 5.91 Å².